The van der Waals surface area contributed by atoms with E-state index in [0.717, 1.165) is 27.7 Å². The first-order valence-corrected chi connectivity index (χ1v) is 7.69. The van der Waals surface area contributed by atoms with E-state index in [9.17, 15) is 9.00 Å². The minimum Gasteiger partial charge on any atom is -0.449 e. The number of carbonyl (C=O) groups is 1. The lowest BCUT2D eigenvalue weighted by Gasteiger charge is -2.26. The van der Waals surface area contributed by atoms with Gasteiger partial charge < -0.3 is 4.21 Å². The van der Waals surface area contributed by atoms with E-state index in [-0.39, 0.29) is 11.7 Å². The number of hydrogen-bond acceptors (Lipinski definition) is 5. The van der Waals surface area contributed by atoms with E-state index in [2.05, 4.69) is 4.40 Å². The van der Waals surface area contributed by atoms with Crippen LogP contribution >= 0.6 is 11.0 Å². The average molecular weight is 264 g/mol. The van der Waals surface area contributed by atoms with Gasteiger partial charge in [-0.15, -0.1) is 11.0 Å². The molecule has 5 heteroatoms. The van der Waals surface area contributed by atoms with Crippen molar-refractivity contribution in [1.82, 2.24) is 0 Å². The van der Waals surface area contributed by atoms with Gasteiger partial charge in [0.25, 0.3) is 0 Å². The second kappa shape index (κ2) is 3.71. The van der Waals surface area contributed by atoms with Crippen molar-refractivity contribution in [3.63, 3.8) is 0 Å². The Labute approximate surface area is 105 Å². The van der Waals surface area contributed by atoms with Crippen LogP contribution in [0.15, 0.2) is 39.3 Å². The summed E-state index contributed by atoms with van der Waals surface area (Å²) in [4.78, 5) is 12.8. The summed E-state index contributed by atoms with van der Waals surface area (Å²) in [5, 5.41) is 0. The highest BCUT2D eigenvalue weighted by molar-refractivity contribution is 8.68. The molecule has 3 nitrogen and oxygen atoms in total. The Morgan fingerprint density at radius 3 is 2.82 bits per heavy atom. The summed E-state index contributed by atoms with van der Waals surface area (Å²) in [6, 6.07) is 0. The van der Waals surface area contributed by atoms with Crippen LogP contribution in [-0.4, -0.2) is 16.4 Å². The summed E-state index contributed by atoms with van der Waals surface area (Å²) < 4.78 is 15.7. The summed E-state index contributed by atoms with van der Waals surface area (Å²) in [6.45, 7) is 4.01. The maximum absolute atomic E-state index is 12.2. The molecule has 0 spiro atoms. The molecule has 0 aromatic carbocycles. The normalized spacial score (nSPS) is 28.0. The van der Waals surface area contributed by atoms with Crippen molar-refractivity contribution in [3.8, 4) is 0 Å². The van der Waals surface area contributed by atoms with Gasteiger partial charge in [0.15, 0.2) is 5.78 Å². The van der Waals surface area contributed by atoms with Crippen LogP contribution in [0.2, 0.25) is 0 Å². The van der Waals surface area contributed by atoms with E-state index >= 15 is 0 Å². The Morgan fingerprint density at radius 2 is 2.06 bits per heavy atom. The molecule has 0 amide bonds. The Kier molecular flexibility index (Phi) is 2.41. The lowest BCUT2D eigenvalue weighted by molar-refractivity contribution is -0.114. The zero-order valence-electron chi connectivity index (χ0n) is 9.39. The molecule has 88 valence electrons. The minimum atomic E-state index is -1.21. The molecule has 3 aliphatic rings. The number of Topliss-reactive ketones (excluding diaryl/α,β-unsaturated/α-hetero) is 1. The van der Waals surface area contributed by atoms with Crippen LogP contribution in [0, 0.1) is 5.92 Å². The van der Waals surface area contributed by atoms with Gasteiger partial charge in [0.2, 0.25) is 0 Å². The zero-order valence-corrected chi connectivity index (χ0v) is 11.0. The van der Waals surface area contributed by atoms with E-state index in [1.807, 2.05) is 32.1 Å². The average Bonchev–Trinajstić information content (AvgIpc) is 2.65. The molecule has 0 N–H and O–H groups in total. The van der Waals surface area contributed by atoms with Crippen molar-refractivity contribution in [2.24, 2.45) is 10.3 Å². The first kappa shape index (κ1) is 11.0. The van der Waals surface area contributed by atoms with Crippen LogP contribution in [0.3, 0.4) is 0 Å². The van der Waals surface area contributed by atoms with E-state index < -0.39 is 9.42 Å². The molecular weight excluding hydrogens is 254 g/mol. The largest absolute Gasteiger partial charge is 0.449 e. The fourth-order valence-corrected chi connectivity index (χ4v) is 4.16. The number of allylic oxidation sites excluding steroid dienone is 6. The van der Waals surface area contributed by atoms with Crippen molar-refractivity contribution in [2.45, 2.75) is 13.8 Å². The first-order chi connectivity index (χ1) is 8.08. The summed E-state index contributed by atoms with van der Waals surface area (Å²) in [6.07, 6.45) is 5.82. The molecule has 0 fully saturated rings. The summed E-state index contributed by atoms with van der Waals surface area (Å²) in [5.41, 5.74) is 3.59. The molecule has 0 radical (unpaired) electrons. The highest BCUT2D eigenvalue weighted by Crippen LogP contribution is 2.33. The number of ketones is 1. The Hall–Kier alpha value is -1.07. The van der Waals surface area contributed by atoms with Crippen LogP contribution in [-0.2, 0) is 18.4 Å². The lowest BCUT2D eigenvalue weighted by Crippen LogP contribution is -2.34. The summed E-state index contributed by atoms with van der Waals surface area (Å²) >= 11 is 0. The standard InChI is InChI=1S/C12H10NO2S2/c1-6-3-8-5-10-11(13-16-17(10)15)12(14)9(8)4-7(6)2/h3-5,9H,1-2H3/q-1. The Bertz CT molecular complexity index is 643. The predicted molar refractivity (Wildman–Crippen MR) is 72.2 cm³/mol. The molecule has 0 bridgehead atoms. The van der Waals surface area contributed by atoms with Gasteiger partial charge in [-0.05, 0) is 25.0 Å². The van der Waals surface area contributed by atoms with Gasteiger partial charge in [-0.3, -0.25) is 4.79 Å². The second-order valence-corrected chi connectivity index (χ2v) is 6.87. The molecule has 0 aromatic heterocycles. The van der Waals surface area contributed by atoms with Crippen molar-refractivity contribution < 1.29 is 9.00 Å². The highest BCUT2D eigenvalue weighted by Gasteiger charge is 2.32. The van der Waals surface area contributed by atoms with Crippen LogP contribution in [0.4, 0.5) is 0 Å². The van der Waals surface area contributed by atoms with Gasteiger partial charge in [0, 0.05) is 0 Å². The van der Waals surface area contributed by atoms with Crippen molar-refractivity contribution in [3.05, 3.63) is 34.9 Å². The number of nitrogens with zero attached hydrogens (tertiary/aromatic N) is 1. The third kappa shape index (κ3) is 1.57. The number of carbonyl (C=O) groups excluding carboxylic acids is 1. The van der Waals surface area contributed by atoms with E-state index in [0.29, 0.717) is 10.6 Å². The maximum atomic E-state index is 12.2. The molecular formula is C12H10NO2S2-. The first-order valence-electron chi connectivity index (χ1n) is 5.25. The molecule has 17 heavy (non-hydrogen) atoms. The number of fused-ring (bicyclic) bond motifs is 2. The van der Waals surface area contributed by atoms with Gasteiger partial charge in [0.1, 0.15) is 0 Å². The summed E-state index contributed by atoms with van der Waals surface area (Å²) in [7, 11) is -0.243. The maximum Gasteiger partial charge on any atom is 0.191 e. The van der Waals surface area contributed by atoms with E-state index in [4.69, 9.17) is 0 Å². The molecule has 1 aliphatic heterocycles. The monoisotopic (exact) mass is 264 g/mol. The molecule has 2 aliphatic carbocycles. The van der Waals surface area contributed by atoms with Gasteiger partial charge >= 0.3 is 0 Å². The molecule has 1 unspecified atom stereocenters. The third-order valence-electron chi connectivity index (χ3n) is 3.20. The van der Waals surface area contributed by atoms with Crippen LogP contribution in [0.5, 0.6) is 0 Å². The predicted octanol–water partition coefficient (Wildman–Crippen LogP) is 2.17. The van der Waals surface area contributed by atoms with Gasteiger partial charge in [-0.2, -0.15) is 9.42 Å². The van der Waals surface area contributed by atoms with Crippen molar-refractivity contribution in [2.75, 3.05) is 0 Å². The smallest absolute Gasteiger partial charge is 0.191 e. The van der Waals surface area contributed by atoms with Gasteiger partial charge in [-0.1, -0.05) is 28.7 Å². The molecule has 1 heterocycles. The number of hydrogen-bond donors (Lipinski definition) is 0. The van der Waals surface area contributed by atoms with Crippen LogP contribution < -0.4 is 0 Å². The SMILES string of the molecule is CC1=CC2=CC3=[S-](=O)SN=C3C(=O)C2C=C1C. The lowest BCUT2D eigenvalue weighted by atomic mass is 9.79. The van der Waals surface area contributed by atoms with E-state index in [1.54, 1.807) is 0 Å². The zero-order chi connectivity index (χ0) is 12.2. The van der Waals surface area contributed by atoms with Crippen molar-refractivity contribution in [1.29, 1.82) is 0 Å². The summed E-state index contributed by atoms with van der Waals surface area (Å²) in [5.74, 6) is -0.268. The highest BCUT2D eigenvalue weighted by atomic mass is 33.1. The second-order valence-electron chi connectivity index (χ2n) is 4.28. The minimum absolute atomic E-state index is 0.0287. The van der Waals surface area contributed by atoms with E-state index in [1.165, 1.54) is 0 Å². The molecule has 0 aromatic rings. The molecule has 0 saturated heterocycles. The molecule has 1 atom stereocenters. The Balaban J connectivity index is 2.22. The van der Waals surface area contributed by atoms with Gasteiger partial charge in [0.05, 0.1) is 11.6 Å². The van der Waals surface area contributed by atoms with Crippen molar-refractivity contribution >= 4 is 36.8 Å². The topological polar surface area (TPSA) is 46.5 Å². The molecule has 0 saturated carbocycles. The Morgan fingerprint density at radius 1 is 1.29 bits per heavy atom. The fourth-order valence-electron chi connectivity index (χ4n) is 2.11. The fraction of sp³-hybridized carbons (Fsp3) is 0.250. The number of rotatable bonds is 0. The molecule has 3 rings (SSSR count). The quantitative estimate of drug-likeness (QED) is 0.291. The van der Waals surface area contributed by atoms with Crippen LogP contribution in [0.1, 0.15) is 13.8 Å². The van der Waals surface area contributed by atoms with Crippen LogP contribution in [0.25, 0.3) is 0 Å². The van der Waals surface area contributed by atoms with Gasteiger partial charge in [-0.25, -0.2) is 4.40 Å². The third-order valence-corrected chi connectivity index (χ3v) is 5.44.